The molecule has 0 aliphatic carbocycles. The van der Waals surface area contributed by atoms with Gasteiger partial charge in [0.15, 0.2) is 0 Å². The first kappa shape index (κ1) is 23.1. The first-order chi connectivity index (χ1) is 15.0. The number of likely N-dealkylation sites (tertiary alicyclic amines) is 1. The molecule has 0 saturated carbocycles. The number of nitrogens with one attached hydrogen (secondary N) is 1. The third-order valence-electron chi connectivity index (χ3n) is 6.07. The van der Waals surface area contributed by atoms with Crippen LogP contribution in [0, 0.1) is 0 Å². The van der Waals surface area contributed by atoms with Crippen LogP contribution in [-0.4, -0.2) is 78.5 Å². The van der Waals surface area contributed by atoms with E-state index in [1.807, 2.05) is 17.9 Å². The molecule has 2 N–H and O–H groups in total. The minimum absolute atomic E-state index is 0.102. The van der Waals surface area contributed by atoms with E-state index in [0.717, 1.165) is 70.6 Å². The Morgan fingerprint density at radius 3 is 2.35 bits per heavy atom. The summed E-state index contributed by atoms with van der Waals surface area (Å²) in [7, 11) is 0. The predicted octanol–water partition coefficient (Wildman–Crippen LogP) is 2.65. The van der Waals surface area contributed by atoms with Gasteiger partial charge < -0.3 is 20.2 Å². The maximum Gasteiger partial charge on any atom is 0.337 e. The Bertz CT molecular complexity index is 784. The highest BCUT2D eigenvalue weighted by molar-refractivity contribution is 6.01. The van der Waals surface area contributed by atoms with Gasteiger partial charge in [0.25, 0.3) is 0 Å². The summed E-state index contributed by atoms with van der Waals surface area (Å²) < 4.78 is 0. The van der Waals surface area contributed by atoms with Crippen LogP contribution in [0.2, 0.25) is 0 Å². The van der Waals surface area contributed by atoms with E-state index >= 15 is 0 Å². The molecule has 2 saturated heterocycles. The number of aromatic carboxylic acids is 1. The lowest BCUT2D eigenvalue weighted by molar-refractivity contribution is -0.133. The lowest BCUT2D eigenvalue weighted by Gasteiger charge is -2.37. The second-order valence-corrected chi connectivity index (χ2v) is 8.39. The molecule has 1 aromatic carbocycles. The largest absolute Gasteiger partial charge is 0.478 e. The van der Waals surface area contributed by atoms with Gasteiger partial charge >= 0.3 is 5.97 Å². The Balaban J connectivity index is 1.57. The molecule has 2 amide bonds. The van der Waals surface area contributed by atoms with Gasteiger partial charge in [-0.3, -0.25) is 14.5 Å². The third-order valence-corrected chi connectivity index (χ3v) is 6.07. The molecule has 0 unspecified atom stereocenters. The van der Waals surface area contributed by atoms with Crippen LogP contribution in [0.15, 0.2) is 18.2 Å². The molecule has 31 heavy (non-hydrogen) atoms. The minimum Gasteiger partial charge on any atom is -0.478 e. The number of benzene rings is 1. The number of carboxylic acid groups (broad SMARTS) is 1. The molecule has 2 fully saturated rings. The summed E-state index contributed by atoms with van der Waals surface area (Å²) in [5, 5.41) is 12.4. The fraction of sp³-hybridized carbons (Fsp3) is 0.609. The molecular weight excluding hydrogens is 396 g/mol. The third kappa shape index (κ3) is 6.43. The van der Waals surface area contributed by atoms with Crippen molar-refractivity contribution in [1.29, 1.82) is 0 Å². The second kappa shape index (κ2) is 11.1. The summed E-state index contributed by atoms with van der Waals surface area (Å²) in [6.07, 6.45) is 5.48. The molecule has 0 atom stereocenters. The number of carbonyl (C=O) groups excluding carboxylic acids is 2. The average molecular weight is 431 g/mol. The number of hydrogen-bond donors (Lipinski definition) is 2. The quantitative estimate of drug-likeness (QED) is 0.659. The number of piperazine rings is 1. The number of carboxylic acids is 1. The van der Waals surface area contributed by atoms with Crippen LogP contribution in [-0.2, 0) is 9.59 Å². The van der Waals surface area contributed by atoms with E-state index in [4.69, 9.17) is 0 Å². The van der Waals surface area contributed by atoms with Crippen LogP contribution in [0.25, 0.3) is 0 Å². The number of piperidine rings is 1. The molecule has 1 aromatic rings. The van der Waals surface area contributed by atoms with Crippen molar-refractivity contribution in [1.82, 2.24) is 9.80 Å². The fourth-order valence-corrected chi connectivity index (χ4v) is 4.16. The van der Waals surface area contributed by atoms with Gasteiger partial charge in [-0.15, -0.1) is 0 Å². The van der Waals surface area contributed by atoms with Crippen molar-refractivity contribution in [3.05, 3.63) is 23.8 Å². The van der Waals surface area contributed by atoms with Crippen molar-refractivity contribution in [3.63, 3.8) is 0 Å². The van der Waals surface area contributed by atoms with Crippen molar-refractivity contribution in [2.45, 2.75) is 45.4 Å². The lowest BCUT2D eigenvalue weighted by atomic mass is 10.1. The van der Waals surface area contributed by atoms with Gasteiger partial charge in [-0.05, 0) is 43.9 Å². The molecule has 0 bridgehead atoms. The Hall–Kier alpha value is -2.61. The molecule has 0 radical (unpaired) electrons. The smallest absolute Gasteiger partial charge is 0.337 e. The van der Waals surface area contributed by atoms with Gasteiger partial charge in [0.05, 0.1) is 17.8 Å². The molecule has 0 spiro atoms. The molecule has 170 valence electrons. The van der Waals surface area contributed by atoms with E-state index in [1.165, 1.54) is 6.42 Å². The number of hydrogen-bond acceptors (Lipinski definition) is 5. The maximum absolute atomic E-state index is 12.5. The minimum atomic E-state index is -1.06. The normalized spacial score (nSPS) is 17.5. The number of rotatable bonds is 8. The summed E-state index contributed by atoms with van der Waals surface area (Å²) in [5.74, 6) is -1.01. The molecule has 2 aliphatic rings. The molecule has 2 aliphatic heterocycles. The van der Waals surface area contributed by atoms with Crippen molar-refractivity contribution in [2.75, 3.05) is 56.0 Å². The molecule has 8 heteroatoms. The summed E-state index contributed by atoms with van der Waals surface area (Å²) >= 11 is 0. The highest BCUT2D eigenvalue weighted by Crippen LogP contribution is 2.25. The van der Waals surface area contributed by atoms with E-state index in [9.17, 15) is 19.5 Å². The van der Waals surface area contributed by atoms with Crippen LogP contribution in [0.4, 0.5) is 11.4 Å². The Labute approximate surface area is 184 Å². The van der Waals surface area contributed by atoms with Crippen LogP contribution < -0.4 is 10.2 Å². The molecular formula is C23H34N4O4. The van der Waals surface area contributed by atoms with E-state index in [2.05, 4.69) is 15.1 Å². The predicted molar refractivity (Wildman–Crippen MR) is 121 cm³/mol. The highest BCUT2D eigenvalue weighted by Gasteiger charge is 2.24. The number of anilines is 2. The number of nitrogens with zero attached hydrogens (tertiary/aromatic N) is 3. The topological polar surface area (TPSA) is 93.2 Å². The maximum atomic E-state index is 12.5. The van der Waals surface area contributed by atoms with E-state index < -0.39 is 5.97 Å². The van der Waals surface area contributed by atoms with E-state index in [1.54, 1.807) is 12.1 Å². The van der Waals surface area contributed by atoms with Crippen molar-refractivity contribution < 1.29 is 19.5 Å². The first-order valence-corrected chi connectivity index (χ1v) is 11.4. The zero-order valence-corrected chi connectivity index (χ0v) is 18.4. The summed E-state index contributed by atoms with van der Waals surface area (Å²) in [6.45, 7) is 7.19. The number of carbonyl (C=O) groups is 3. The van der Waals surface area contributed by atoms with Gasteiger partial charge in [-0.25, -0.2) is 4.79 Å². The Kier molecular flexibility index (Phi) is 8.28. The van der Waals surface area contributed by atoms with Crippen LogP contribution in [0.3, 0.4) is 0 Å². The van der Waals surface area contributed by atoms with Gasteiger partial charge in [0.2, 0.25) is 11.8 Å². The van der Waals surface area contributed by atoms with Gasteiger partial charge in [0, 0.05) is 51.4 Å². The zero-order chi connectivity index (χ0) is 22.2. The number of unbranched alkanes of at least 4 members (excludes halogenated alkanes) is 1. The first-order valence-electron chi connectivity index (χ1n) is 11.4. The van der Waals surface area contributed by atoms with Crippen molar-refractivity contribution >= 4 is 29.2 Å². The monoisotopic (exact) mass is 430 g/mol. The summed E-state index contributed by atoms with van der Waals surface area (Å²) in [4.78, 5) is 42.6. The average Bonchev–Trinajstić information content (AvgIpc) is 2.79. The number of amides is 2. The van der Waals surface area contributed by atoms with E-state index in [-0.39, 0.29) is 17.4 Å². The standard InChI is InChI=1S/C23H34N4O4/c1-2-3-7-21(28)24-20-9-8-18(16-19(20)23(30)31)26-14-12-25(13-15-26)17-22(29)27-10-5-4-6-11-27/h8-9,16H,2-7,10-15,17H2,1H3,(H,24,28)(H,30,31). The molecule has 0 aromatic heterocycles. The van der Waals surface area contributed by atoms with Crippen LogP contribution in [0.5, 0.6) is 0 Å². The van der Waals surface area contributed by atoms with Crippen LogP contribution >= 0.6 is 0 Å². The summed E-state index contributed by atoms with van der Waals surface area (Å²) in [6, 6.07) is 5.16. The molecule has 8 nitrogen and oxygen atoms in total. The Morgan fingerprint density at radius 2 is 1.71 bits per heavy atom. The lowest BCUT2D eigenvalue weighted by Crippen LogP contribution is -2.50. The van der Waals surface area contributed by atoms with E-state index in [0.29, 0.717) is 18.7 Å². The van der Waals surface area contributed by atoms with Gasteiger partial charge in [-0.1, -0.05) is 13.3 Å². The summed E-state index contributed by atoms with van der Waals surface area (Å²) in [5.41, 5.74) is 1.26. The second-order valence-electron chi connectivity index (χ2n) is 8.39. The van der Waals surface area contributed by atoms with Gasteiger partial charge in [0.1, 0.15) is 0 Å². The molecule has 2 heterocycles. The fourth-order valence-electron chi connectivity index (χ4n) is 4.16. The van der Waals surface area contributed by atoms with Crippen molar-refractivity contribution in [2.24, 2.45) is 0 Å². The molecule has 3 rings (SSSR count). The van der Waals surface area contributed by atoms with Gasteiger partial charge in [-0.2, -0.15) is 0 Å². The Morgan fingerprint density at radius 1 is 1.00 bits per heavy atom. The highest BCUT2D eigenvalue weighted by atomic mass is 16.4. The van der Waals surface area contributed by atoms with Crippen LogP contribution in [0.1, 0.15) is 55.8 Å². The SMILES string of the molecule is CCCCC(=O)Nc1ccc(N2CCN(CC(=O)N3CCCCC3)CC2)cc1C(=O)O. The zero-order valence-electron chi connectivity index (χ0n) is 18.4. The van der Waals surface area contributed by atoms with Crippen molar-refractivity contribution in [3.8, 4) is 0 Å².